The number of hydrogen-bond acceptors (Lipinski definition) is 4. The Morgan fingerprint density at radius 2 is 1.70 bits per heavy atom. The SMILES string of the molecule is CNc1nc(C2CC2)nc(NC2(C)CCCCC2)c1C. The Balaban J connectivity index is 1.88. The van der Waals surface area contributed by atoms with Gasteiger partial charge in [-0.25, -0.2) is 9.97 Å². The van der Waals surface area contributed by atoms with Crippen LogP contribution in [-0.4, -0.2) is 22.6 Å². The van der Waals surface area contributed by atoms with Crippen LogP contribution in [0.5, 0.6) is 0 Å². The molecule has 0 aliphatic heterocycles. The summed E-state index contributed by atoms with van der Waals surface area (Å²) in [5, 5.41) is 6.95. The first-order chi connectivity index (χ1) is 9.61. The lowest BCUT2D eigenvalue weighted by Crippen LogP contribution is -2.37. The lowest BCUT2D eigenvalue weighted by atomic mass is 9.83. The van der Waals surface area contributed by atoms with Crippen LogP contribution in [-0.2, 0) is 0 Å². The summed E-state index contributed by atoms with van der Waals surface area (Å²) in [5.41, 5.74) is 1.34. The molecule has 110 valence electrons. The topological polar surface area (TPSA) is 49.8 Å². The van der Waals surface area contributed by atoms with Gasteiger partial charge in [-0.05, 0) is 39.5 Å². The average Bonchev–Trinajstić information content (AvgIpc) is 3.26. The maximum Gasteiger partial charge on any atom is 0.136 e. The molecule has 20 heavy (non-hydrogen) atoms. The summed E-state index contributed by atoms with van der Waals surface area (Å²) in [7, 11) is 1.94. The zero-order chi connectivity index (χ0) is 14.2. The van der Waals surface area contributed by atoms with Gasteiger partial charge >= 0.3 is 0 Å². The predicted molar refractivity (Wildman–Crippen MR) is 83.4 cm³/mol. The van der Waals surface area contributed by atoms with Crippen LogP contribution in [0.1, 0.15) is 69.2 Å². The van der Waals surface area contributed by atoms with Crippen molar-refractivity contribution in [2.24, 2.45) is 0 Å². The molecule has 2 aliphatic rings. The Labute approximate surface area is 121 Å². The van der Waals surface area contributed by atoms with E-state index in [4.69, 9.17) is 4.98 Å². The molecule has 4 heteroatoms. The molecule has 0 amide bonds. The summed E-state index contributed by atoms with van der Waals surface area (Å²) in [5.74, 6) is 3.61. The molecule has 2 aliphatic carbocycles. The van der Waals surface area contributed by atoms with E-state index in [1.807, 2.05) is 7.05 Å². The molecule has 1 heterocycles. The Bertz CT molecular complexity index is 487. The quantitative estimate of drug-likeness (QED) is 0.876. The Kier molecular flexibility index (Phi) is 3.57. The fourth-order valence-corrected chi connectivity index (χ4v) is 3.17. The minimum atomic E-state index is 0.198. The fraction of sp³-hybridized carbons (Fsp3) is 0.750. The number of rotatable bonds is 4. The third-order valence-electron chi connectivity index (χ3n) is 4.72. The average molecular weight is 274 g/mol. The fourth-order valence-electron chi connectivity index (χ4n) is 3.17. The summed E-state index contributed by atoms with van der Waals surface area (Å²) in [6, 6.07) is 0. The highest BCUT2D eigenvalue weighted by Crippen LogP contribution is 2.40. The monoisotopic (exact) mass is 274 g/mol. The summed E-state index contributed by atoms with van der Waals surface area (Å²) < 4.78 is 0. The normalized spacial score (nSPS) is 21.6. The van der Waals surface area contributed by atoms with Crippen LogP contribution >= 0.6 is 0 Å². The molecule has 1 aromatic rings. The third-order valence-corrected chi connectivity index (χ3v) is 4.72. The van der Waals surface area contributed by atoms with E-state index in [1.165, 1.54) is 44.9 Å². The molecule has 0 spiro atoms. The van der Waals surface area contributed by atoms with Crippen molar-refractivity contribution in [3.8, 4) is 0 Å². The summed E-state index contributed by atoms with van der Waals surface area (Å²) >= 11 is 0. The van der Waals surface area contributed by atoms with E-state index in [9.17, 15) is 0 Å². The van der Waals surface area contributed by atoms with Gasteiger partial charge in [0.1, 0.15) is 17.5 Å². The maximum atomic E-state index is 4.82. The second-order valence-electron chi connectivity index (χ2n) is 6.67. The van der Waals surface area contributed by atoms with Crippen LogP contribution in [0.15, 0.2) is 0 Å². The van der Waals surface area contributed by atoms with Crippen molar-refractivity contribution in [3.63, 3.8) is 0 Å². The van der Waals surface area contributed by atoms with Crippen LogP contribution in [0.2, 0.25) is 0 Å². The van der Waals surface area contributed by atoms with Crippen LogP contribution in [0, 0.1) is 6.92 Å². The van der Waals surface area contributed by atoms with Gasteiger partial charge in [-0.15, -0.1) is 0 Å². The maximum absolute atomic E-state index is 4.82. The molecule has 2 N–H and O–H groups in total. The standard InChI is InChI=1S/C16H26N4/c1-11-13(17-3)18-15(12-7-8-12)19-14(11)20-16(2)9-5-4-6-10-16/h12H,4-10H2,1-3H3,(H2,17,18,19,20). The van der Waals surface area contributed by atoms with Gasteiger partial charge in [-0.3, -0.25) is 0 Å². The highest BCUT2D eigenvalue weighted by Gasteiger charge is 2.31. The molecule has 2 fully saturated rings. The molecule has 0 saturated heterocycles. The third kappa shape index (κ3) is 2.74. The van der Waals surface area contributed by atoms with Crippen molar-refractivity contribution >= 4 is 11.6 Å². The van der Waals surface area contributed by atoms with E-state index in [1.54, 1.807) is 0 Å². The van der Waals surface area contributed by atoms with Crippen molar-refractivity contribution in [1.82, 2.24) is 9.97 Å². The minimum Gasteiger partial charge on any atom is -0.373 e. The second kappa shape index (κ2) is 5.23. The minimum absolute atomic E-state index is 0.198. The summed E-state index contributed by atoms with van der Waals surface area (Å²) in [4.78, 5) is 9.49. The smallest absolute Gasteiger partial charge is 0.136 e. The van der Waals surface area contributed by atoms with E-state index in [2.05, 4.69) is 29.5 Å². The zero-order valence-corrected chi connectivity index (χ0v) is 12.9. The van der Waals surface area contributed by atoms with Gasteiger partial charge in [0.2, 0.25) is 0 Å². The Hall–Kier alpha value is -1.32. The molecule has 2 saturated carbocycles. The number of nitrogens with one attached hydrogen (secondary N) is 2. The number of anilines is 2. The van der Waals surface area contributed by atoms with Gasteiger partial charge in [0.15, 0.2) is 0 Å². The van der Waals surface area contributed by atoms with Gasteiger partial charge in [-0.2, -0.15) is 0 Å². The van der Waals surface area contributed by atoms with Gasteiger partial charge in [0, 0.05) is 24.1 Å². The van der Waals surface area contributed by atoms with E-state index >= 15 is 0 Å². The highest BCUT2D eigenvalue weighted by atomic mass is 15.1. The number of hydrogen-bond donors (Lipinski definition) is 2. The van der Waals surface area contributed by atoms with Crippen molar-refractivity contribution in [1.29, 1.82) is 0 Å². The molecular weight excluding hydrogens is 248 g/mol. The predicted octanol–water partition coefficient (Wildman–Crippen LogP) is 3.84. The largest absolute Gasteiger partial charge is 0.373 e. The number of aromatic nitrogens is 2. The molecule has 0 atom stereocenters. The first kappa shape index (κ1) is 13.7. The molecule has 0 unspecified atom stereocenters. The van der Waals surface area contributed by atoms with E-state index in [0.717, 1.165) is 23.0 Å². The zero-order valence-electron chi connectivity index (χ0n) is 12.9. The van der Waals surface area contributed by atoms with Gasteiger partial charge < -0.3 is 10.6 Å². The molecular formula is C16H26N4. The van der Waals surface area contributed by atoms with Crippen LogP contribution in [0.3, 0.4) is 0 Å². The molecule has 1 aromatic heterocycles. The first-order valence-electron chi connectivity index (χ1n) is 7.96. The molecule has 0 aromatic carbocycles. The van der Waals surface area contributed by atoms with Crippen LogP contribution in [0.4, 0.5) is 11.6 Å². The van der Waals surface area contributed by atoms with Gasteiger partial charge in [0.25, 0.3) is 0 Å². The van der Waals surface area contributed by atoms with E-state index in [0.29, 0.717) is 5.92 Å². The lowest BCUT2D eigenvalue weighted by molar-refractivity contribution is 0.348. The molecule has 0 radical (unpaired) electrons. The second-order valence-corrected chi connectivity index (χ2v) is 6.67. The van der Waals surface area contributed by atoms with Crippen LogP contribution in [0.25, 0.3) is 0 Å². The van der Waals surface area contributed by atoms with Gasteiger partial charge in [-0.1, -0.05) is 19.3 Å². The molecule has 0 bridgehead atoms. The van der Waals surface area contributed by atoms with Crippen molar-refractivity contribution < 1.29 is 0 Å². The molecule has 4 nitrogen and oxygen atoms in total. The Morgan fingerprint density at radius 1 is 1.05 bits per heavy atom. The molecule has 3 rings (SSSR count). The first-order valence-corrected chi connectivity index (χ1v) is 7.96. The van der Waals surface area contributed by atoms with E-state index in [-0.39, 0.29) is 5.54 Å². The van der Waals surface area contributed by atoms with Crippen molar-refractivity contribution in [3.05, 3.63) is 11.4 Å². The summed E-state index contributed by atoms with van der Waals surface area (Å²) in [6.45, 7) is 4.45. The van der Waals surface area contributed by atoms with Crippen LogP contribution < -0.4 is 10.6 Å². The summed E-state index contributed by atoms with van der Waals surface area (Å²) in [6.07, 6.45) is 8.97. The van der Waals surface area contributed by atoms with E-state index < -0.39 is 0 Å². The van der Waals surface area contributed by atoms with Gasteiger partial charge in [0.05, 0.1) is 0 Å². The lowest BCUT2D eigenvalue weighted by Gasteiger charge is -2.35. The van der Waals surface area contributed by atoms with Crippen molar-refractivity contribution in [2.75, 3.05) is 17.7 Å². The highest BCUT2D eigenvalue weighted by molar-refractivity contribution is 5.58. The Morgan fingerprint density at radius 3 is 2.30 bits per heavy atom. The number of nitrogens with zero attached hydrogens (tertiary/aromatic N) is 2. The van der Waals surface area contributed by atoms with Crippen molar-refractivity contribution in [2.45, 2.75) is 70.3 Å².